The van der Waals surface area contributed by atoms with Gasteiger partial charge in [-0.05, 0) is 26.0 Å². The van der Waals surface area contributed by atoms with E-state index in [4.69, 9.17) is 9.15 Å². The SMILES string of the molecule is C=C(C)CN(CC)C(=O)COC(=O)c1cc(=O)c2ccccc2o1. The number of para-hydroxylation sites is 1. The first-order chi connectivity index (χ1) is 11.4. The first kappa shape index (κ1) is 17.5. The van der Waals surface area contributed by atoms with Gasteiger partial charge in [0.25, 0.3) is 5.91 Å². The van der Waals surface area contributed by atoms with Crippen molar-refractivity contribution in [2.45, 2.75) is 13.8 Å². The van der Waals surface area contributed by atoms with Crippen LogP contribution in [0.1, 0.15) is 24.4 Å². The van der Waals surface area contributed by atoms with E-state index in [1.807, 2.05) is 13.8 Å². The third kappa shape index (κ3) is 4.10. The summed E-state index contributed by atoms with van der Waals surface area (Å²) in [6.45, 7) is 7.85. The van der Waals surface area contributed by atoms with Crippen LogP contribution in [0.15, 0.2) is 51.7 Å². The molecule has 0 saturated heterocycles. The standard InChI is InChI=1S/C18H19NO5/c1-4-19(10-12(2)3)17(21)11-23-18(22)16-9-14(20)13-7-5-6-8-15(13)24-16/h5-9H,2,4,10-11H2,1,3H3. The largest absolute Gasteiger partial charge is 0.450 e. The Morgan fingerprint density at radius 3 is 2.67 bits per heavy atom. The third-order valence-corrected chi connectivity index (χ3v) is 3.36. The molecular weight excluding hydrogens is 310 g/mol. The molecule has 24 heavy (non-hydrogen) atoms. The normalized spacial score (nSPS) is 10.4. The number of rotatable bonds is 6. The van der Waals surface area contributed by atoms with Crippen LogP contribution in [0.4, 0.5) is 0 Å². The number of fused-ring (bicyclic) bond motifs is 1. The van der Waals surface area contributed by atoms with Crippen molar-refractivity contribution in [2.24, 2.45) is 0 Å². The number of nitrogens with zero attached hydrogens (tertiary/aromatic N) is 1. The van der Waals surface area contributed by atoms with Crippen LogP contribution in [0.25, 0.3) is 11.0 Å². The van der Waals surface area contributed by atoms with Gasteiger partial charge in [0.1, 0.15) is 5.58 Å². The maximum atomic E-state index is 12.0. The lowest BCUT2D eigenvalue weighted by molar-refractivity contribution is -0.134. The smallest absolute Gasteiger partial charge is 0.374 e. The number of benzene rings is 1. The number of likely N-dealkylation sites (N-methyl/N-ethyl adjacent to an activating group) is 1. The molecule has 0 bridgehead atoms. The Bertz CT molecular complexity index is 837. The molecule has 0 saturated carbocycles. The molecule has 0 spiro atoms. The van der Waals surface area contributed by atoms with E-state index in [1.54, 1.807) is 24.3 Å². The number of esters is 1. The second kappa shape index (κ2) is 7.59. The van der Waals surface area contributed by atoms with Gasteiger partial charge in [0, 0.05) is 19.2 Å². The van der Waals surface area contributed by atoms with Crippen LogP contribution in [-0.4, -0.2) is 36.5 Å². The molecule has 0 aliphatic carbocycles. The number of hydrogen-bond donors (Lipinski definition) is 0. The van der Waals surface area contributed by atoms with E-state index in [2.05, 4.69) is 6.58 Å². The van der Waals surface area contributed by atoms with Gasteiger partial charge < -0.3 is 14.1 Å². The molecule has 6 nitrogen and oxygen atoms in total. The molecular formula is C18H19NO5. The Labute approximate surface area is 139 Å². The van der Waals surface area contributed by atoms with Crippen molar-refractivity contribution in [2.75, 3.05) is 19.7 Å². The predicted octanol–water partition coefficient (Wildman–Crippen LogP) is 2.37. The summed E-state index contributed by atoms with van der Waals surface area (Å²) in [6, 6.07) is 7.67. The van der Waals surface area contributed by atoms with Gasteiger partial charge in [-0.1, -0.05) is 24.3 Å². The van der Waals surface area contributed by atoms with Crippen LogP contribution < -0.4 is 5.43 Å². The van der Waals surface area contributed by atoms with E-state index in [1.165, 1.54) is 4.90 Å². The number of amides is 1. The lowest BCUT2D eigenvalue weighted by Crippen LogP contribution is -2.35. The van der Waals surface area contributed by atoms with Gasteiger partial charge in [-0.15, -0.1) is 0 Å². The first-order valence-corrected chi connectivity index (χ1v) is 7.54. The number of carbonyl (C=O) groups is 2. The van der Waals surface area contributed by atoms with E-state index < -0.39 is 12.6 Å². The Morgan fingerprint density at radius 2 is 2.00 bits per heavy atom. The topological polar surface area (TPSA) is 76.8 Å². The monoisotopic (exact) mass is 329 g/mol. The average Bonchev–Trinajstić information content (AvgIpc) is 2.57. The highest BCUT2D eigenvalue weighted by Gasteiger charge is 2.18. The minimum atomic E-state index is -0.849. The lowest BCUT2D eigenvalue weighted by Gasteiger charge is -2.20. The van der Waals surface area contributed by atoms with Crippen LogP contribution in [0, 0.1) is 0 Å². The lowest BCUT2D eigenvalue weighted by atomic mass is 10.2. The van der Waals surface area contributed by atoms with Crippen molar-refractivity contribution < 1.29 is 18.7 Å². The van der Waals surface area contributed by atoms with E-state index in [0.717, 1.165) is 11.6 Å². The zero-order valence-electron chi connectivity index (χ0n) is 13.7. The zero-order chi connectivity index (χ0) is 17.7. The van der Waals surface area contributed by atoms with E-state index in [-0.39, 0.29) is 17.1 Å². The molecule has 1 amide bonds. The van der Waals surface area contributed by atoms with E-state index in [9.17, 15) is 14.4 Å². The molecule has 0 aliphatic rings. The van der Waals surface area contributed by atoms with E-state index >= 15 is 0 Å². The Hall–Kier alpha value is -2.89. The minimum Gasteiger partial charge on any atom is -0.450 e. The second-order valence-electron chi connectivity index (χ2n) is 5.41. The van der Waals surface area contributed by atoms with Gasteiger partial charge in [-0.25, -0.2) is 4.79 Å². The molecule has 0 radical (unpaired) electrons. The van der Waals surface area contributed by atoms with Crippen molar-refractivity contribution in [3.63, 3.8) is 0 Å². The fourth-order valence-electron chi connectivity index (χ4n) is 2.20. The summed E-state index contributed by atoms with van der Waals surface area (Å²) in [6.07, 6.45) is 0. The van der Waals surface area contributed by atoms with Gasteiger partial charge in [-0.3, -0.25) is 9.59 Å². The summed E-state index contributed by atoms with van der Waals surface area (Å²) < 4.78 is 10.3. The van der Waals surface area contributed by atoms with Crippen LogP contribution in [-0.2, 0) is 9.53 Å². The molecule has 0 unspecified atom stereocenters. The van der Waals surface area contributed by atoms with Gasteiger partial charge in [0.2, 0.25) is 5.76 Å². The molecule has 126 valence electrons. The zero-order valence-corrected chi connectivity index (χ0v) is 13.7. The van der Waals surface area contributed by atoms with Crippen LogP contribution in [0.5, 0.6) is 0 Å². The van der Waals surface area contributed by atoms with Gasteiger partial charge in [-0.2, -0.15) is 0 Å². The van der Waals surface area contributed by atoms with Gasteiger partial charge >= 0.3 is 5.97 Å². The predicted molar refractivity (Wildman–Crippen MR) is 89.8 cm³/mol. The van der Waals surface area contributed by atoms with Crippen molar-refractivity contribution in [3.8, 4) is 0 Å². The summed E-state index contributed by atoms with van der Waals surface area (Å²) in [4.78, 5) is 37.6. The Balaban J connectivity index is 2.09. The molecule has 0 aliphatic heterocycles. The van der Waals surface area contributed by atoms with Crippen molar-refractivity contribution in [3.05, 3.63) is 58.5 Å². The summed E-state index contributed by atoms with van der Waals surface area (Å²) in [5.41, 5.74) is 0.783. The number of hydrogen-bond acceptors (Lipinski definition) is 5. The molecule has 0 fully saturated rings. The molecule has 6 heteroatoms. The van der Waals surface area contributed by atoms with Gasteiger partial charge in [0.15, 0.2) is 12.0 Å². The minimum absolute atomic E-state index is 0.227. The summed E-state index contributed by atoms with van der Waals surface area (Å²) in [5.74, 6) is -1.41. The van der Waals surface area contributed by atoms with E-state index in [0.29, 0.717) is 24.1 Å². The molecule has 0 N–H and O–H groups in total. The first-order valence-electron chi connectivity index (χ1n) is 7.54. The van der Waals surface area contributed by atoms with Crippen molar-refractivity contribution >= 4 is 22.8 Å². The molecule has 1 heterocycles. The summed E-state index contributed by atoms with van der Waals surface area (Å²) in [7, 11) is 0. The highest BCUT2D eigenvalue weighted by molar-refractivity contribution is 5.90. The van der Waals surface area contributed by atoms with Crippen LogP contribution in [0.3, 0.4) is 0 Å². The molecule has 2 aromatic rings. The number of ether oxygens (including phenoxy) is 1. The number of carbonyl (C=O) groups excluding carboxylic acids is 2. The average molecular weight is 329 g/mol. The van der Waals surface area contributed by atoms with Crippen molar-refractivity contribution in [1.82, 2.24) is 4.90 Å². The molecule has 1 aromatic carbocycles. The third-order valence-electron chi connectivity index (χ3n) is 3.36. The fourth-order valence-corrected chi connectivity index (χ4v) is 2.20. The summed E-state index contributed by atoms with van der Waals surface area (Å²) in [5, 5.41) is 0.378. The van der Waals surface area contributed by atoms with Crippen LogP contribution >= 0.6 is 0 Å². The van der Waals surface area contributed by atoms with Gasteiger partial charge in [0.05, 0.1) is 5.39 Å². The second-order valence-corrected chi connectivity index (χ2v) is 5.41. The highest BCUT2D eigenvalue weighted by atomic mass is 16.5. The fraction of sp³-hybridized carbons (Fsp3) is 0.278. The molecule has 0 atom stereocenters. The van der Waals surface area contributed by atoms with Crippen molar-refractivity contribution in [1.29, 1.82) is 0 Å². The highest BCUT2D eigenvalue weighted by Crippen LogP contribution is 2.12. The summed E-state index contributed by atoms with van der Waals surface area (Å²) >= 11 is 0. The van der Waals surface area contributed by atoms with Crippen LogP contribution in [0.2, 0.25) is 0 Å². The molecule has 2 rings (SSSR count). The Morgan fingerprint density at radius 1 is 1.29 bits per heavy atom. The molecule has 1 aromatic heterocycles. The maximum absolute atomic E-state index is 12.0. The maximum Gasteiger partial charge on any atom is 0.374 e. The Kier molecular flexibility index (Phi) is 5.52. The quantitative estimate of drug-likeness (QED) is 0.601.